The fraction of sp³-hybridized carbons (Fsp3) is 0.103. The summed E-state index contributed by atoms with van der Waals surface area (Å²) in [5.74, 6) is 1.53. The molecule has 4 aromatic heterocycles. The minimum atomic E-state index is -0.429. The lowest BCUT2D eigenvalue weighted by atomic mass is 10.1. The molecule has 11 heteroatoms. The topological polar surface area (TPSA) is 83.6 Å². The van der Waals surface area contributed by atoms with Gasteiger partial charge in [0.05, 0.1) is 50.9 Å². The minimum absolute atomic E-state index is 0.236. The fourth-order valence-corrected chi connectivity index (χ4v) is 4.10. The number of hydrogen-bond donors (Lipinski definition) is 2. The van der Waals surface area contributed by atoms with Crippen molar-refractivity contribution in [3.63, 3.8) is 0 Å². The lowest BCUT2D eigenvalue weighted by molar-refractivity contribution is -0.114. The Morgan fingerprint density at radius 2 is 1.68 bits per heavy atom. The first-order valence-corrected chi connectivity index (χ1v) is 13.4. The predicted molar refractivity (Wildman–Crippen MR) is 164 cm³/mol. The highest BCUT2D eigenvalue weighted by molar-refractivity contribution is 14.1. The zero-order valence-corrected chi connectivity index (χ0v) is 25.2. The van der Waals surface area contributed by atoms with Crippen molar-refractivity contribution in [1.29, 1.82) is 0 Å². The molecule has 6 nitrogen and oxygen atoms in total. The smallest absolute Gasteiger partial charge is 0.221 e. The number of pyridine rings is 3. The molecule has 2 N–H and O–H groups in total. The van der Waals surface area contributed by atoms with Gasteiger partial charge in [-0.2, -0.15) is 0 Å². The number of amides is 1. The van der Waals surface area contributed by atoms with E-state index in [9.17, 15) is 13.6 Å². The van der Waals surface area contributed by atoms with Crippen LogP contribution in [0.25, 0.3) is 22.3 Å². The van der Waals surface area contributed by atoms with Crippen molar-refractivity contribution in [1.82, 2.24) is 19.9 Å². The van der Waals surface area contributed by atoms with Crippen molar-refractivity contribution in [2.75, 3.05) is 5.32 Å². The first-order valence-electron chi connectivity index (χ1n) is 11.5. The highest BCUT2D eigenvalue weighted by atomic mass is 127. The number of aromatic amines is 1. The Labute approximate surface area is 253 Å². The molecule has 1 amide bonds. The number of halogens is 5. The van der Waals surface area contributed by atoms with Crippen LogP contribution in [0, 0.1) is 41.4 Å². The molecule has 0 aliphatic heterocycles. The number of nitrogens with zero attached hydrogens (tertiary/aromatic N) is 3. The number of aryl methyl sites for hydroxylation is 2. The zero-order chi connectivity index (χ0) is 29.4. The van der Waals surface area contributed by atoms with Gasteiger partial charge in [-0.25, -0.2) is 13.8 Å². The Kier molecular flexibility index (Phi) is 11.0. The van der Waals surface area contributed by atoms with E-state index < -0.39 is 5.82 Å². The van der Waals surface area contributed by atoms with Crippen molar-refractivity contribution in [3.8, 4) is 23.7 Å². The molecule has 5 rings (SSSR count). The van der Waals surface area contributed by atoms with Gasteiger partial charge in [-0.05, 0) is 71.8 Å². The molecule has 0 radical (unpaired) electrons. The molecule has 0 spiro atoms. The second-order valence-electron chi connectivity index (χ2n) is 8.33. The molecular formula is C29H22Cl2F2IN5O. The van der Waals surface area contributed by atoms with Crippen LogP contribution in [0.4, 0.5) is 14.5 Å². The van der Waals surface area contributed by atoms with Gasteiger partial charge in [0.2, 0.25) is 5.91 Å². The van der Waals surface area contributed by atoms with Crippen molar-refractivity contribution in [3.05, 3.63) is 103 Å². The number of fused-ring (bicyclic) bond motifs is 1. The maximum atomic E-state index is 13.6. The number of rotatable bonds is 2. The Morgan fingerprint density at radius 1 is 1.00 bits per heavy atom. The summed E-state index contributed by atoms with van der Waals surface area (Å²) in [6.45, 7) is 5.26. The van der Waals surface area contributed by atoms with Crippen LogP contribution in [0.1, 0.15) is 23.6 Å². The zero-order valence-electron chi connectivity index (χ0n) is 21.5. The lowest BCUT2D eigenvalue weighted by Gasteiger charge is -2.03. The normalized spacial score (nSPS) is 10.1. The van der Waals surface area contributed by atoms with Crippen LogP contribution in [0.15, 0.2) is 61.2 Å². The molecule has 0 fully saturated rings. The summed E-state index contributed by atoms with van der Waals surface area (Å²) in [5, 5.41) is 4.07. The number of hydrogen-bond acceptors (Lipinski definition) is 4. The SMILES string of the molecule is C#Cc1cc(Cl)ccc1C.CC(=O)Nc1cncc(F)c1I.Cc1ccc(Cl)nc1-c1cc2c(F)cncc2[nH]1. The molecule has 0 bridgehead atoms. The highest BCUT2D eigenvalue weighted by Crippen LogP contribution is 2.27. The van der Waals surface area contributed by atoms with E-state index in [4.69, 9.17) is 29.6 Å². The molecule has 1 aromatic carbocycles. The molecule has 0 saturated heterocycles. The van der Waals surface area contributed by atoms with Gasteiger partial charge in [-0.15, -0.1) is 6.42 Å². The highest BCUT2D eigenvalue weighted by Gasteiger charge is 2.11. The molecule has 40 heavy (non-hydrogen) atoms. The summed E-state index contributed by atoms with van der Waals surface area (Å²) in [4.78, 5) is 25.4. The number of aromatic nitrogens is 4. The van der Waals surface area contributed by atoms with E-state index in [1.54, 1.807) is 24.4 Å². The van der Waals surface area contributed by atoms with Gasteiger partial charge >= 0.3 is 0 Å². The van der Waals surface area contributed by atoms with Crippen LogP contribution in [-0.4, -0.2) is 25.8 Å². The van der Waals surface area contributed by atoms with Crippen LogP contribution in [0.3, 0.4) is 0 Å². The van der Waals surface area contributed by atoms with Gasteiger partial charge in [0.1, 0.15) is 5.15 Å². The molecule has 204 valence electrons. The van der Waals surface area contributed by atoms with Gasteiger partial charge in [-0.3, -0.25) is 14.8 Å². The second kappa shape index (κ2) is 14.2. The van der Waals surface area contributed by atoms with Gasteiger partial charge in [0.15, 0.2) is 11.6 Å². The van der Waals surface area contributed by atoms with Crippen LogP contribution in [0.2, 0.25) is 10.2 Å². The number of terminal acetylenes is 1. The number of carbonyl (C=O) groups excluding carboxylic acids is 1. The van der Waals surface area contributed by atoms with E-state index in [1.807, 2.05) is 54.6 Å². The summed E-state index contributed by atoms with van der Waals surface area (Å²) in [6, 6.07) is 10.9. The Bertz CT molecular complexity index is 1720. The first kappa shape index (κ1) is 30.9. The van der Waals surface area contributed by atoms with E-state index in [1.165, 1.54) is 19.3 Å². The Hall–Kier alpha value is -3.59. The quantitative estimate of drug-likeness (QED) is 0.111. The molecule has 0 aliphatic rings. The van der Waals surface area contributed by atoms with E-state index >= 15 is 0 Å². The average molecular weight is 692 g/mol. The summed E-state index contributed by atoms with van der Waals surface area (Å²) in [7, 11) is 0. The van der Waals surface area contributed by atoms with Crippen molar-refractivity contribution in [2.24, 2.45) is 0 Å². The average Bonchev–Trinajstić information content (AvgIpc) is 3.36. The first-order chi connectivity index (χ1) is 19.0. The lowest BCUT2D eigenvalue weighted by Crippen LogP contribution is -2.08. The molecule has 0 aliphatic carbocycles. The van der Waals surface area contributed by atoms with Gasteiger partial charge in [0, 0.05) is 22.9 Å². The standard InChI is InChI=1S/C13H9ClFN3.C9H7Cl.C7H6FIN2O/c1-7-2-3-12(14)18-13(7)10-4-8-9(15)5-16-6-11(8)17-10;1-3-8-6-9(10)5-4-7(8)2;1-4(12)11-6-3-10-2-5(8)7(6)9/h2-6,17H,1H3;1,4-6H,2H3;2-3H,1H3,(H,11,12). The molecule has 0 unspecified atom stereocenters. The molecule has 4 heterocycles. The summed E-state index contributed by atoms with van der Waals surface area (Å²) >= 11 is 13.4. The van der Waals surface area contributed by atoms with Crippen molar-refractivity contribution < 1.29 is 13.6 Å². The Morgan fingerprint density at radius 3 is 2.33 bits per heavy atom. The monoisotopic (exact) mass is 691 g/mol. The van der Waals surface area contributed by atoms with E-state index in [0.717, 1.165) is 34.3 Å². The third-order valence-corrected chi connectivity index (χ3v) is 6.86. The summed E-state index contributed by atoms with van der Waals surface area (Å²) in [5.41, 5.74) is 5.43. The molecule has 0 saturated carbocycles. The number of anilines is 1. The van der Waals surface area contributed by atoms with E-state index in [0.29, 0.717) is 30.3 Å². The van der Waals surface area contributed by atoms with Crippen LogP contribution in [-0.2, 0) is 4.79 Å². The third kappa shape index (κ3) is 8.21. The minimum Gasteiger partial charge on any atom is -0.352 e. The summed E-state index contributed by atoms with van der Waals surface area (Å²) < 4.78 is 26.7. The molecular weight excluding hydrogens is 670 g/mol. The Balaban J connectivity index is 0.000000175. The van der Waals surface area contributed by atoms with Gasteiger partial charge in [0.25, 0.3) is 0 Å². The maximum absolute atomic E-state index is 13.6. The van der Waals surface area contributed by atoms with Crippen molar-refractivity contribution in [2.45, 2.75) is 20.8 Å². The second-order valence-corrected chi connectivity index (χ2v) is 10.2. The summed E-state index contributed by atoms with van der Waals surface area (Å²) in [6.07, 6.45) is 10.5. The number of H-pyrrole nitrogens is 1. The number of benzene rings is 1. The van der Waals surface area contributed by atoms with Crippen LogP contribution in [0.5, 0.6) is 0 Å². The predicted octanol–water partition coefficient (Wildman–Crippen LogP) is 8.14. The molecule has 0 atom stereocenters. The molecule has 5 aromatic rings. The van der Waals surface area contributed by atoms with Crippen LogP contribution >= 0.6 is 45.8 Å². The largest absolute Gasteiger partial charge is 0.352 e. The third-order valence-electron chi connectivity index (χ3n) is 5.32. The van der Waals surface area contributed by atoms with E-state index in [2.05, 4.69) is 31.2 Å². The number of nitrogens with one attached hydrogen (secondary N) is 2. The van der Waals surface area contributed by atoms with Gasteiger partial charge in [-0.1, -0.05) is 41.3 Å². The van der Waals surface area contributed by atoms with Crippen molar-refractivity contribution >= 4 is 68.3 Å². The van der Waals surface area contributed by atoms with Crippen LogP contribution < -0.4 is 5.32 Å². The number of carbonyl (C=O) groups is 1. The van der Waals surface area contributed by atoms with E-state index in [-0.39, 0.29) is 11.7 Å². The maximum Gasteiger partial charge on any atom is 0.221 e. The fourth-order valence-electron chi connectivity index (χ4n) is 3.37. The van der Waals surface area contributed by atoms with Gasteiger partial charge < -0.3 is 10.3 Å².